The van der Waals surface area contributed by atoms with Gasteiger partial charge in [0.15, 0.2) is 0 Å². The van der Waals surface area contributed by atoms with Crippen LogP contribution in [0, 0.1) is 34.0 Å². The first-order valence-electron chi connectivity index (χ1n) is 45.6. The number of likely N-dealkylation sites (N-methyl/N-ethyl adjacent to an activating group) is 3. The molecule has 0 saturated heterocycles. The third kappa shape index (κ3) is 67.6. The van der Waals surface area contributed by atoms with E-state index in [1.54, 1.807) is 76.9 Å². The second kappa shape index (κ2) is 76.7. The van der Waals surface area contributed by atoms with Crippen LogP contribution in [0.1, 0.15) is 226 Å². The summed E-state index contributed by atoms with van der Waals surface area (Å²) in [4.78, 5) is 33.1. The van der Waals surface area contributed by atoms with E-state index in [0.717, 1.165) is 69.4 Å². The molecule has 0 fully saturated rings. The Morgan fingerprint density at radius 3 is 0.731 bits per heavy atom. The summed E-state index contributed by atoms with van der Waals surface area (Å²) >= 11 is 0. The summed E-state index contributed by atoms with van der Waals surface area (Å²) < 4.78 is 0. The van der Waals surface area contributed by atoms with Crippen LogP contribution in [0.25, 0.3) is 0 Å². The fraction of sp³-hybridized carbons (Fsp3) is 0.880. The maximum Gasteiger partial charge on any atom is 0.125 e. The van der Waals surface area contributed by atoms with Gasteiger partial charge in [-0.25, -0.2) is 0 Å². The molecule has 0 aromatic rings. The normalized spacial score (nSPS) is 14.9. The summed E-state index contributed by atoms with van der Waals surface area (Å²) in [7, 11) is -2.44. The molecule has 0 rings (SSSR count). The van der Waals surface area contributed by atoms with Crippen LogP contribution < -0.4 is 0 Å². The van der Waals surface area contributed by atoms with Gasteiger partial charge in [0.25, 0.3) is 0 Å². The van der Waals surface area contributed by atoms with Gasteiger partial charge < -0.3 is 60.7 Å². The molecule has 0 aromatic carbocycles. The smallest absolute Gasteiger partial charge is 0.125 e. The van der Waals surface area contributed by atoms with Crippen molar-refractivity contribution in [3.8, 4) is 0 Å². The molecule has 0 heterocycles. The minimum Gasteiger partial charge on any atom is -0.388 e. The van der Waals surface area contributed by atoms with Crippen molar-refractivity contribution in [3.05, 3.63) is 12.7 Å². The second-order valence-electron chi connectivity index (χ2n) is 44.0. The summed E-state index contributed by atoms with van der Waals surface area (Å²) in [5.41, 5.74) is -3.09. The van der Waals surface area contributed by atoms with Gasteiger partial charge in [-0.3, -0.25) is 46.2 Å². The van der Waals surface area contributed by atoms with Crippen LogP contribution >= 0.6 is 0 Å². The van der Waals surface area contributed by atoms with Crippen molar-refractivity contribution in [2.24, 2.45) is 47.7 Å². The summed E-state index contributed by atoms with van der Waals surface area (Å²) in [6, 6.07) is 4.95. The monoisotopic (exact) mass is 2380 g/mol. The minimum atomic E-state index is -1.73. The van der Waals surface area contributed by atoms with Crippen LogP contribution in [0.2, 0.25) is 156 Å². The van der Waals surface area contributed by atoms with Crippen LogP contribution in [-0.4, -0.2) is 305 Å². The molecule has 805 valence electrons. The van der Waals surface area contributed by atoms with Crippen molar-refractivity contribution >= 4 is 114 Å². The van der Waals surface area contributed by atoms with Gasteiger partial charge in [-0.1, -0.05) is 258 Å². The summed E-state index contributed by atoms with van der Waals surface area (Å²) in [6.45, 7) is 110. The molecular formula is C92H210Co9N12O9Si8. The van der Waals surface area contributed by atoms with Crippen molar-refractivity contribution in [1.82, 2.24) is 14.7 Å². The number of hydrogen-bond donors (Lipinski definition) is 12. The number of aliphatic imine (C=N–C) groups is 6. The molecule has 6 atom stereocenters. The van der Waals surface area contributed by atoms with Gasteiger partial charge in [0.1, 0.15) is 53.1 Å². The summed E-state index contributed by atoms with van der Waals surface area (Å²) in [5.74, 6) is 1.38. The van der Waals surface area contributed by atoms with Crippen LogP contribution in [0.3, 0.4) is 0 Å². The molecule has 12 N–H and O–H groups in total. The molecule has 0 aliphatic rings. The molecule has 38 heteroatoms. The Morgan fingerprint density at radius 1 is 0.346 bits per heavy atom. The minimum absolute atomic E-state index is 0. The largest absolute Gasteiger partial charge is 0.388 e. The molecule has 6 unspecified atom stereocenters. The average molecular weight is 2380 g/mol. The van der Waals surface area contributed by atoms with Crippen molar-refractivity contribution in [1.29, 1.82) is 16.2 Å². The van der Waals surface area contributed by atoms with Crippen molar-refractivity contribution < 1.29 is 197 Å². The predicted molar refractivity (Wildman–Crippen MR) is 568 cm³/mol. The number of amidine groups is 3. The van der Waals surface area contributed by atoms with Gasteiger partial charge in [0.2, 0.25) is 0 Å². The molecule has 0 aliphatic heterocycles. The van der Waals surface area contributed by atoms with E-state index in [2.05, 4.69) is 294 Å². The Kier molecular flexibility index (Phi) is 103. The molecule has 9 radical (unpaired) electrons. The number of aliphatic hydroxyl groups excluding tert-OH is 3. The summed E-state index contributed by atoms with van der Waals surface area (Å²) in [5, 5.41) is 117. The molecule has 0 bridgehead atoms. The molecule has 130 heavy (non-hydrogen) atoms. The average Bonchev–Trinajstić information content (AvgIpc) is 0.757. The topological polar surface area (TPSA) is 338 Å². The van der Waals surface area contributed by atoms with Crippen molar-refractivity contribution in [2.75, 3.05) is 48.9 Å². The van der Waals surface area contributed by atoms with E-state index in [0.29, 0.717) is 6.42 Å². The number of rotatable bonds is 34. The Morgan fingerprint density at radius 2 is 0.585 bits per heavy atom. The number of nitrogens with zero attached hydrogens (tertiary/aromatic N) is 9. The molecule has 0 saturated carbocycles. The van der Waals surface area contributed by atoms with E-state index in [1.807, 2.05) is 41.5 Å². The Labute approximate surface area is 905 Å². The maximum absolute atomic E-state index is 11.4. The van der Waals surface area contributed by atoms with E-state index in [1.165, 1.54) is 0 Å². The van der Waals surface area contributed by atoms with Crippen molar-refractivity contribution in [3.63, 3.8) is 0 Å². The van der Waals surface area contributed by atoms with Gasteiger partial charge in [-0.2, -0.15) is 0 Å². The van der Waals surface area contributed by atoms with Crippen LogP contribution in [0.5, 0.6) is 0 Å². The van der Waals surface area contributed by atoms with Crippen LogP contribution in [0.4, 0.5) is 0 Å². The Bertz CT molecular complexity index is 3070. The first kappa shape index (κ1) is 174. The zero-order chi connectivity index (χ0) is 99.9. The zero-order valence-corrected chi connectivity index (χ0v) is 111. The number of nitrogens with one attached hydrogen (secondary N) is 3. The Balaban J connectivity index is -0.0000000681. The SMILES string of the molecule is C=CC(C)(O)C(=NC(C)C)[Si](C)(C)C.CC(C)N=C(C(C)(O)[Si](C)(C)C)[Si](C)(C)C.CC(C)N=C(C(O)(C(C)C)C(C)C)[Si](C)(C)C.CC(O)C(=N)N(C)C.CCC(O)(C(=NC(C)C)[Si](C)(C)C)C(C)C.CCC(O)(CC)C(=NC(C)C)[Si](C)(C)C.CCC(O)C(=N)N(C)C.CC[Si](CC)(CC)C(C)(O)C(=NC(C)C)[Si](C)(C)C.CN(C)C(=N)CO.[Co].[Co].[Co].[Co].[Co].[Co].[Co].[Co].[Co]. The molecule has 0 aliphatic carbocycles. The standard InChI is InChI=1S/C15H35NOSi2.C14H31NOSi.C13H29NOSi.C12H29NOSi2.C12H27NOSi.C11H23NOSi.C6H14N2O.C5H12N2O.C4H10N2O.9Co/c1-10-19(11-2,12-3)15(6,17)14(16-13(4)5)18(7,8)9;1-10(2)14(16,11(3)4)13(15-12(5)6)17(7,8)9;1-9-13(15,10(2)3)12(14-11(4)5)16(6,7)8;1-10(2)13-11(15(4,5)6)12(3,14)16(7,8)9;1-8-12(14,9-2)11(13-10(3)4)15(5,6)7;1-8-11(4,13)10(12-9(2)3)14(5,6)7;1-4-5(9)6(7)8(2)3;1-4(8)5(6)7(2)3;1-6(2)4(5)3-7;;;;;;;;;/h13,17H,10-12H2,1-9H3;10-12,16H,1-9H3;10-11,15H,9H2,1-8H3;10,14H,1-9H3;10,14H,8-9H2,1-7H3;8-9,13H,1H2,2-7H3;5,7,9H,4H2,1-3H3;4,6,8H,1-3H3;5,7H,3H2,1-2H3;;;;;;;;;. The zero-order valence-electron chi connectivity index (χ0n) is 93.3. The van der Waals surface area contributed by atoms with Crippen LogP contribution in [-0.2, 0) is 151 Å². The van der Waals surface area contributed by atoms with Gasteiger partial charge in [-0.15, -0.1) is 0 Å². The number of aliphatic hydroxyl groups is 9. The summed E-state index contributed by atoms with van der Waals surface area (Å²) in [6.07, 6.45) is 3.22. The first-order chi connectivity index (χ1) is 53.4. The van der Waals surface area contributed by atoms with Gasteiger partial charge in [0.05, 0.1) is 80.6 Å². The van der Waals surface area contributed by atoms with Crippen LogP contribution in [0.15, 0.2) is 42.6 Å². The molecule has 21 nitrogen and oxygen atoms in total. The van der Waals surface area contributed by atoms with Gasteiger partial charge in [-0.05, 0) is 154 Å². The van der Waals surface area contributed by atoms with E-state index in [4.69, 9.17) is 56.5 Å². The van der Waals surface area contributed by atoms with Crippen molar-refractivity contribution in [2.45, 2.75) is 463 Å². The number of hydrogen-bond acceptors (Lipinski definition) is 18. The van der Waals surface area contributed by atoms with Gasteiger partial charge in [0, 0.05) is 262 Å². The third-order valence-corrected chi connectivity index (χ3v) is 43.4. The van der Waals surface area contributed by atoms with E-state index in [9.17, 15) is 30.6 Å². The second-order valence-corrected chi connectivity index (χ2v) is 85.0. The fourth-order valence-corrected chi connectivity index (χ4v) is 36.5. The fourth-order valence-electron chi connectivity index (χ4n) is 13.7. The molecule has 0 aromatic heterocycles. The molecule has 0 spiro atoms. The van der Waals surface area contributed by atoms with E-state index in [-0.39, 0.29) is 229 Å². The first-order valence-corrected chi connectivity index (χ1v) is 72.7. The predicted octanol–water partition coefficient (Wildman–Crippen LogP) is 20.7. The molecular weight excluding hydrogens is 2170 g/mol. The van der Waals surface area contributed by atoms with E-state index >= 15 is 0 Å². The third-order valence-electron chi connectivity index (χ3n) is 21.3. The van der Waals surface area contributed by atoms with E-state index < -0.39 is 110 Å². The quantitative estimate of drug-likeness (QED) is 0.0124. The molecule has 0 amide bonds. The van der Waals surface area contributed by atoms with Gasteiger partial charge >= 0.3 is 0 Å². The maximum atomic E-state index is 11.4. The Hall–Kier alpha value is 2.10.